The molecule has 1 unspecified atom stereocenters. The van der Waals surface area contributed by atoms with Crippen molar-refractivity contribution < 1.29 is 9.53 Å². The number of hydrogen-bond donors (Lipinski definition) is 0. The summed E-state index contributed by atoms with van der Waals surface area (Å²) in [5.74, 6) is 0.950. The van der Waals surface area contributed by atoms with Gasteiger partial charge in [0.25, 0.3) is 0 Å². The molecular formula is C15H28O2. The molecule has 0 saturated heterocycles. The number of hydrogen-bond acceptors (Lipinski definition) is 2. The van der Waals surface area contributed by atoms with Crippen molar-refractivity contribution in [2.24, 2.45) is 11.8 Å². The summed E-state index contributed by atoms with van der Waals surface area (Å²) >= 11 is 0. The standard InChI is InChI=1S/C15H28O2/c1-12(2)7-6-8-14(5)9-10-17-15(16)11-13(3)4/h13-14H,1,6-11H2,2-5H3. The predicted octanol–water partition coefficient (Wildman–Crippen LogP) is 4.35. The van der Waals surface area contributed by atoms with Crippen LogP contribution in [0.4, 0.5) is 0 Å². The normalized spacial score (nSPS) is 12.5. The lowest BCUT2D eigenvalue weighted by atomic mass is 9.99. The van der Waals surface area contributed by atoms with Crippen LogP contribution in [0.3, 0.4) is 0 Å². The van der Waals surface area contributed by atoms with E-state index in [4.69, 9.17) is 4.74 Å². The van der Waals surface area contributed by atoms with Crippen LogP contribution >= 0.6 is 0 Å². The van der Waals surface area contributed by atoms with Gasteiger partial charge in [-0.2, -0.15) is 0 Å². The van der Waals surface area contributed by atoms with Crippen LogP contribution in [-0.4, -0.2) is 12.6 Å². The summed E-state index contributed by atoms with van der Waals surface area (Å²) in [7, 11) is 0. The van der Waals surface area contributed by atoms with Crippen LogP contribution in [0.1, 0.15) is 59.8 Å². The Bertz CT molecular complexity index is 231. The molecule has 100 valence electrons. The van der Waals surface area contributed by atoms with Crippen molar-refractivity contribution in [3.63, 3.8) is 0 Å². The van der Waals surface area contributed by atoms with Gasteiger partial charge in [0.05, 0.1) is 6.61 Å². The quantitative estimate of drug-likeness (QED) is 0.442. The zero-order chi connectivity index (χ0) is 13.3. The molecule has 0 aliphatic heterocycles. The molecule has 2 heteroatoms. The predicted molar refractivity (Wildman–Crippen MR) is 72.9 cm³/mol. The molecule has 17 heavy (non-hydrogen) atoms. The first-order valence-electron chi connectivity index (χ1n) is 6.71. The van der Waals surface area contributed by atoms with Gasteiger partial charge in [0.1, 0.15) is 0 Å². The van der Waals surface area contributed by atoms with E-state index >= 15 is 0 Å². The van der Waals surface area contributed by atoms with Crippen molar-refractivity contribution >= 4 is 5.97 Å². The van der Waals surface area contributed by atoms with Crippen LogP contribution in [0.25, 0.3) is 0 Å². The maximum absolute atomic E-state index is 11.3. The molecule has 0 saturated carbocycles. The number of esters is 1. The number of carbonyl (C=O) groups is 1. The van der Waals surface area contributed by atoms with Gasteiger partial charge in [0, 0.05) is 6.42 Å². The minimum absolute atomic E-state index is 0.0610. The van der Waals surface area contributed by atoms with Crippen LogP contribution in [0.15, 0.2) is 12.2 Å². The van der Waals surface area contributed by atoms with Crippen molar-refractivity contribution in [2.45, 2.75) is 59.8 Å². The van der Waals surface area contributed by atoms with E-state index < -0.39 is 0 Å². The molecule has 0 rings (SSSR count). The molecule has 1 atom stereocenters. The Morgan fingerprint density at radius 2 is 1.88 bits per heavy atom. The van der Waals surface area contributed by atoms with Crippen LogP contribution < -0.4 is 0 Å². The molecule has 0 radical (unpaired) electrons. The van der Waals surface area contributed by atoms with Crippen LogP contribution in [0, 0.1) is 11.8 Å². The Balaban J connectivity index is 3.47. The van der Waals surface area contributed by atoms with E-state index in [0.717, 1.165) is 12.8 Å². The molecule has 0 fully saturated rings. The zero-order valence-corrected chi connectivity index (χ0v) is 11.9. The maximum atomic E-state index is 11.3. The summed E-state index contributed by atoms with van der Waals surface area (Å²) < 4.78 is 5.19. The minimum atomic E-state index is -0.0610. The highest BCUT2D eigenvalue weighted by Crippen LogP contribution is 2.14. The second-order valence-electron chi connectivity index (χ2n) is 5.56. The lowest BCUT2D eigenvalue weighted by molar-refractivity contribution is -0.144. The lowest BCUT2D eigenvalue weighted by Gasteiger charge is -2.12. The highest BCUT2D eigenvalue weighted by atomic mass is 16.5. The summed E-state index contributed by atoms with van der Waals surface area (Å²) in [6.45, 7) is 12.8. The summed E-state index contributed by atoms with van der Waals surface area (Å²) in [6.07, 6.45) is 4.99. The van der Waals surface area contributed by atoms with Gasteiger partial charge in [-0.05, 0) is 38.0 Å². The summed E-state index contributed by atoms with van der Waals surface area (Å²) in [6, 6.07) is 0. The Labute approximate surface area is 106 Å². The van der Waals surface area contributed by atoms with E-state index in [9.17, 15) is 4.79 Å². The van der Waals surface area contributed by atoms with Gasteiger partial charge < -0.3 is 4.74 Å². The highest BCUT2D eigenvalue weighted by Gasteiger charge is 2.07. The molecule has 0 heterocycles. The summed E-state index contributed by atoms with van der Waals surface area (Å²) in [4.78, 5) is 11.3. The van der Waals surface area contributed by atoms with Crippen molar-refractivity contribution in [1.29, 1.82) is 0 Å². The first-order valence-corrected chi connectivity index (χ1v) is 6.71. The van der Waals surface area contributed by atoms with Crippen molar-refractivity contribution in [3.05, 3.63) is 12.2 Å². The Morgan fingerprint density at radius 1 is 1.24 bits per heavy atom. The third kappa shape index (κ3) is 11.5. The first kappa shape index (κ1) is 16.2. The van der Waals surface area contributed by atoms with Gasteiger partial charge >= 0.3 is 5.97 Å². The zero-order valence-electron chi connectivity index (χ0n) is 11.9. The molecule has 0 spiro atoms. The van der Waals surface area contributed by atoms with Gasteiger partial charge in [0.15, 0.2) is 0 Å². The van der Waals surface area contributed by atoms with Crippen LogP contribution in [0.5, 0.6) is 0 Å². The Kier molecular flexibility index (Phi) is 8.83. The third-order valence-electron chi connectivity index (χ3n) is 2.75. The van der Waals surface area contributed by atoms with Crippen molar-refractivity contribution in [3.8, 4) is 0 Å². The Hall–Kier alpha value is -0.790. The molecular weight excluding hydrogens is 212 g/mol. The molecule has 0 aromatic rings. The van der Waals surface area contributed by atoms with E-state index in [-0.39, 0.29) is 5.97 Å². The lowest BCUT2D eigenvalue weighted by Crippen LogP contribution is -2.10. The number of rotatable bonds is 9. The van der Waals surface area contributed by atoms with Gasteiger partial charge in [0.2, 0.25) is 0 Å². The van der Waals surface area contributed by atoms with E-state index in [0.29, 0.717) is 24.9 Å². The van der Waals surface area contributed by atoms with E-state index in [1.807, 2.05) is 13.8 Å². The Morgan fingerprint density at radius 3 is 2.41 bits per heavy atom. The van der Waals surface area contributed by atoms with Gasteiger partial charge in [-0.15, -0.1) is 6.58 Å². The van der Waals surface area contributed by atoms with E-state index in [1.165, 1.54) is 18.4 Å². The highest BCUT2D eigenvalue weighted by molar-refractivity contribution is 5.69. The van der Waals surface area contributed by atoms with Crippen molar-refractivity contribution in [1.82, 2.24) is 0 Å². The fourth-order valence-corrected chi connectivity index (χ4v) is 1.66. The number of carbonyl (C=O) groups excluding carboxylic acids is 1. The molecule has 0 aromatic carbocycles. The molecule has 0 amide bonds. The summed E-state index contributed by atoms with van der Waals surface area (Å²) in [5, 5.41) is 0. The third-order valence-corrected chi connectivity index (χ3v) is 2.75. The van der Waals surface area contributed by atoms with Gasteiger partial charge in [-0.1, -0.05) is 32.8 Å². The average Bonchev–Trinajstić information content (AvgIpc) is 2.15. The first-order chi connectivity index (χ1) is 7.91. The molecule has 0 N–H and O–H groups in total. The fourth-order valence-electron chi connectivity index (χ4n) is 1.66. The number of allylic oxidation sites excluding steroid dienone is 1. The summed E-state index contributed by atoms with van der Waals surface area (Å²) in [5.41, 5.74) is 1.25. The second-order valence-corrected chi connectivity index (χ2v) is 5.56. The molecule has 0 aliphatic carbocycles. The maximum Gasteiger partial charge on any atom is 0.306 e. The van der Waals surface area contributed by atoms with Crippen LogP contribution in [0.2, 0.25) is 0 Å². The van der Waals surface area contributed by atoms with Gasteiger partial charge in [-0.3, -0.25) is 4.79 Å². The van der Waals surface area contributed by atoms with Crippen LogP contribution in [-0.2, 0) is 9.53 Å². The molecule has 0 aromatic heterocycles. The van der Waals surface area contributed by atoms with E-state index in [1.54, 1.807) is 0 Å². The second kappa shape index (κ2) is 9.26. The minimum Gasteiger partial charge on any atom is -0.466 e. The van der Waals surface area contributed by atoms with Crippen molar-refractivity contribution in [2.75, 3.05) is 6.61 Å². The average molecular weight is 240 g/mol. The smallest absolute Gasteiger partial charge is 0.306 e. The topological polar surface area (TPSA) is 26.3 Å². The molecule has 0 bridgehead atoms. The SMILES string of the molecule is C=C(C)CCCC(C)CCOC(=O)CC(C)C. The fraction of sp³-hybridized carbons (Fsp3) is 0.800. The van der Waals surface area contributed by atoms with Gasteiger partial charge in [-0.25, -0.2) is 0 Å². The molecule has 2 nitrogen and oxygen atoms in total. The van der Waals surface area contributed by atoms with E-state index in [2.05, 4.69) is 20.4 Å². The largest absolute Gasteiger partial charge is 0.466 e. The number of ether oxygens (including phenoxy) is 1. The monoisotopic (exact) mass is 240 g/mol. The molecule has 0 aliphatic rings.